The van der Waals surface area contributed by atoms with Gasteiger partial charge in [0.1, 0.15) is 11.3 Å². The minimum Gasteiger partial charge on any atom is -0.366 e. The van der Waals surface area contributed by atoms with Gasteiger partial charge in [0.15, 0.2) is 0 Å². The summed E-state index contributed by atoms with van der Waals surface area (Å²) < 4.78 is 0. The largest absolute Gasteiger partial charge is 0.366 e. The molecule has 0 saturated heterocycles. The van der Waals surface area contributed by atoms with Crippen LogP contribution in [0, 0.1) is 0 Å². The van der Waals surface area contributed by atoms with Crippen LogP contribution in [0.5, 0.6) is 0 Å². The van der Waals surface area contributed by atoms with Gasteiger partial charge < -0.3 is 16.0 Å². The highest BCUT2D eigenvalue weighted by atomic mass is 16.1. The normalized spacial score (nSPS) is 11.9. The van der Waals surface area contributed by atoms with Crippen LogP contribution < -0.4 is 11.1 Å². The number of H-pyrrole nitrogens is 1. The van der Waals surface area contributed by atoms with Crippen molar-refractivity contribution in [2.45, 2.75) is 32.7 Å². The predicted molar refractivity (Wildman–Crippen MR) is 75.9 cm³/mol. The molecule has 0 bridgehead atoms. The van der Waals surface area contributed by atoms with Gasteiger partial charge in [-0.25, -0.2) is 4.98 Å². The van der Waals surface area contributed by atoms with Crippen molar-refractivity contribution in [2.75, 3.05) is 6.54 Å². The Balaban J connectivity index is 2.47. The van der Waals surface area contributed by atoms with Crippen LogP contribution in [0.25, 0.3) is 11.0 Å². The Morgan fingerprint density at radius 2 is 2.21 bits per heavy atom. The molecule has 2 aromatic rings. The number of nitrogens with zero attached hydrogens (tertiary/aromatic N) is 1. The van der Waals surface area contributed by atoms with E-state index in [9.17, 15) is 4.79 Å². The summed E-state index contributed by atoms with van der Waals surface area (Å²) in [6, 6.07) is 5.40. The molecule has 0 radical (unpaired) electrons. The molecule has 0 aliphatic rings. The predicted octanol–water partition coefficient (Wildman–Crippen LogP) is 1.90. The summed E-state index contributed by atoms with van der Waals surface area (Å²) in [7, 11) is 0. The van der Waals surface area contributed by atoms with Crippen LogP contribution in [0.2, 0.25) is 0 Å². The Morgan fingerprint density at radius 3 is 2.84 bits per heavy atom. The zero-order valence-electron chi connectivity index (χ0n) is 11.6. The van der Waals surface area contributed by atoms with Gasteiger partial charge in [-0.2, -0.15) is 0 Å². The molecule has 1 aromatic carbocycles. The monoisotopic (exact) mass is 260 g/mol. The number of primary amides is 1. The van der Waals surface area contributed by atoms with Crippen LogP contribution in [0.4, 0.5) is 0 Å². The highest BCUT2D eigenvalue weighted by molar-refractivity contribution is 6.04. The number of hydrogen-bond donors (Lipinski definition) is 3. The summed E-state index contributed by atoms with van der Waals surface area (Å²) in [6.07, 6.45) is 1.05. The molecule has 102 valence electrons. The van der Waals surface area contributed by atoms with Crippen molar-refractivity contribution < 1.29 is 4.79 Å². The van der Waals surface area contributed by atoms with E-state index >= 15 is 0 Å². The second-order valence-corrected chi connectivity index (χ2v) is 5.20. The third-order valence-electron chi connectivity index (χ3n) is 3.19. The van der Waals surface area contributed by atoms with Gasteiger partial charge in [-0.1, -0.05) is 13.0 Å². The average Bonchev–Trinajstić information content (AvgIpc) is 2.80. The van der Waals surface area contributed by atoms with Crippen molar-refractivity contribution in [3.05, 3.63) is 29.6 Å². The summed E-state index contributed by atoms with van der Waals surface area (Å²) in [5, 5.41) is 3.42. The van der Waals surface area contributed by atoms with Gasteiger partial charge in [-0.15, -0.1) is 0 Å². The number of nitrogens with one attached hydrogen (secondary N) is 2. The maximum Gasteiger partial charge on any atom is 0.250 e. The first-order chi connectivity index (χ1) is 8.95. The second-order valence-electron chi connectivity index (χ2n) is 5.20. The highest BCUT2D eigenvalue weighted by Crippen LogP contribution is 2.22. The molecule has 1 heterocycles. The molecule has 5 heteroatoms. The molecule has 1 amide bonds. The Morgan fingerprint density at radius 1 is 1.47 bits per heavy atom. The average molecular weight is 260 g/mol. The van der Waals surface area contributed by atoms with E-state index in [2.05, 4.69) is 36.1 Å². The third-order valence-corrected chi connectivity index (χ3v) is 3.19. The molecular weight excluding hydrogens is 240 g/mol. The topological polar surface area (TPSA) is 83.8 Å². The Labute approximate surface area is 112 Å². The number of benzene rings is 1. The van der Waals surface area contributed by atoms with Crippen molar-refractivity contribution in [3.8, 4) is 0 Å². The van der Waals surface area contributed by atoms with Gasteiger partial charge in [0, 0.05) is 0 Å². The summed E-state index contributed by atoms with van der Waals surface area (Å²) in [4.78, 5) is 19.2. The molecule has 1 aromatic heterocycles. The maximum atomic E-state index is 11.4. The molecule has 0 fully saturated rings. The maximum absolute atomic E-state index is 11.4. The quantitative estimate of drug-likeness (QED) is 0.767. The molecule has 4 N–H and O–H groups in total. The lowest BCUT2D eigenvalue weighted by molar-refractivity contribution is 0.100. The number of aromatic amines is 1. The second kappa shape index (κ2) is 5.01. The number of carbonyl (C=O) groups is 1. The van der Waals surface area contributed by atoms with E-state index in [-0.39, 0.29) is 5.54 Å². The molecule has 0 aliphatic heterocycles. The molecule has 0 unspecified atom stereocenters. The summed E-state index contributed by atoms with van der Waals surface area (Å²) in [5.41, 5.74) is 7.01. The Hall–Kier alpha value is -1.88. The number of aromatic nitrogens is 2. The zero-order chi connectivity index (χ0) is 14.0. The van der Waals surface area contributed by atoms with Gasteiger partial charge in [0.05, 0.1) is 16.6 Å². The number of carbonyl (C=O) groups excluding carboxylic acids is 1. The molecule has 0 atom stereocenters. The van der Waals surface area contributed by atoms with Gasteiger partial charge in [-0.05, 0) is 38.9 Å². The number of imidazole rings is 1. The molecule has 0 spiro atoms. The lowest BCUT2D eigenvalue weighted by atomic mass is 10.1. The van der Waals surface area contributed by atoms with E-state index in [1.807, 2.05) is 6.07 Å². The van der Waals surface area contributed by atoms with E-state index in [4.69, 9.17) is 5.73 Å². The molecule has 0 saturated carbocycles. The van der Waals surface area contributed by atoms with Gasteiger partial charge in [0.2, 0.25) is 0 Å². The van der Waals surface area contributed by atoms with E-state index in [0.29, 0.717) is 11.1 Å². The zero-order valence-corrected chi connectivity index (χ0v) is 11.6. The van der Waals surface area contributed by atoms with Crippen molar-refractivity contribution in [1.82, 2.24) is 15.3 Å². The lowest BCUT2D eigenvalue weighted by Gasteiger charge is -2.23. The summed E-state index contributed by atoms with van der Waals surface area (Å²) in [5.74, 6) is 0.354. The first-order valence-corrected chi connectivity index (χ1v) is 6.49. The molecule has 19 heavy (non-hydrogen) atoms. The van der Waals surface area contributed by atoms with Crippen LogP contribution in [0.15, 0.2) is 18.2 Å². The fourth-order valence-corrected chi connectivity index (χ4v) is 2.05. The standard InChI is InChI=1S/C14H20N4O/c1-4-8-16-14(2,3)13-17-10-7-5-6-9(12(15)19)11(10)18-13/h5-7,16H,4,8H2,1-3H3,(H2,15,19)(H,17,18). The highest BCUT2D eigenvalue weighted by Gasteiger charge is 2.24. The Kier molecular flexibility index (Phi) is 3.57. The smallest absolute Gasteiger partial charge is 0.250 e. The minimum atomic E-state index is -0.456. The van der Waals surface area contributed by atoms with Crippen molar-refractivity contribution in [3.63, 3.8) is 0 Å². The molecule has 2 rings (SSSR count). The van der Waals surface area contributed by atoms with Crippen LogP contribution in [0.1, 0.15) is 43.4 Å². The number of fused-ring (bicyclic) bond motifs is 1. The number of rotatable bonds is 5. The first kappa shape index (κ1) is 13.5. The number of para-hydroxylation sites is 1. The van der Waals surface area contributed by atoms with E-state index in [0.717, 1.165) is 24.3 Å². The molecule has 5 nitrogen and oxygen atoms in total. The number of hydrogen-bond acceptors (Lipinski definition) is 3. The SMILES string of the molecule is CCCNC(C)(C)c1nc2c(C(N)=O)cccc2[nH]1. The fraction of sp³-hybridized carbons (Fsp3) is 0.429. The van der Waals surface area contributed by atoms with Crippen molar-refractivity contribution in [2.24, 2.45) is 5.73 Å². The fourth-order valence-electron chi connectivity index (χ4n) is 2.05. The van der Waals surface area contributed by atoms with Crippen LogP contribution in [-0.4, -0.2) is 22.4 Å². The van der Waals surface area contributed by atoms with E-state index < -0.39 is 5.91 Å². The molecule has 0 aliphatic carbocycles. The number of nitrogens with two attached hydrogens (primary N) is 1. The number of amides is 1. The van der Waals surface area contributed by atoms with Crippen molar-refractivity contribution >= 4 is 16.9 Å². The Bertz CT molecular complexity index is 601. The lowest BCUT2D eigenvalue weighted by Crippen LogP contribution is -2.38. The van der Waals surface area contributed by atoms with Crippen LogP contribution >= 0.6 is 0 Å². The van der Waals surface area contributed by atoms with Crippen LogP contribution in [-0.2, 0) is 5.54 Å². The van der Waals surface area contributed by atoms with Gasteiger partial charge in [-0.3, -0.25) is 4.79 Å². The summed E-state index contributed by atoms with van der Waals surface area (Å²) >= 11 is 0. The molecular formula is C14H20N4O. The third kappa shape index (κ3) is 2.61. The van der Waals surface area contributed by atoms with Crippen LogP contribution in [0.3, 0.4) is 0 Å². The van der Waals surface area contributed by atoms with Crippen molar-refractivity contribution in [1.29, 1.82) is 0 Å². The van der Waals surface area contributed by atoms with Gasteiger partial charge in [0.25, 0.3) is 5.91 Å². The minimum absolute atomic E-state index is 0.274. The summed E-state index contributed by atoms with van der Waals surface area (Å²) in [6.45, 7) is 7.15. The van der Waals surface area contributed by atoms with Gasteiger partial charge >= 0.3 is 0 Å². The van der Waals surface area contributed by atoms with E-state index in [1.54, 1.807) is 12.1 Å². The van der Waals surface area contributed by atoms with E-state index in [1.165, 1.54) is 0 Å². The first-order valence-electron chi connectivity index (χ1n) is 6.49.